The highest BCUT2D eigenvalue weighted by Crippen LogP contribution is 2.39. The molecule has 0 bridgehead atoms. The summed E-state index contributed by atoms with van der Waals surface area (Å²) in [6.45, 7) is 0. The number of fused-ring (bicyclic) bond motifs is 1. The second-order valence-electron chi connectivity index (χ2n) is 4.62. The predicted octanol–water partition coefficient (Wildman–Crippen LogP) is 1.24. The number of carbonyl (C=O) groups is 2. The number of hydrogen-bond donors (Lipinski definition) is 2. The molecule has 0 amide bonds. The number of rotatable bonds is 6. The van der Waals surface area contributed by atoms with E-state index >= 15 is 0 Å². The van der Waals surface area contributed by atoms with Crippen molar-refractivity contribution in [2.75, 3.05) is 17.6 Å². The molecule has 7 nitrogen and oxygen atoms in total. The Morgan fingerprint density at radius 1 is 1.38 bits per heavy atom. The summed E-state index contributed by atoms with van der Waals surface area (Å²) in [7, 11) is -2.57. The van der Waals surface area contributed by atoms with E-state index in [0.717, 1.165) is 23.3 Å². The minimum absolute atomic E-state index is 0.219. The summed E-state index contributed by atoms with van der Waals surface area (Å²) >= 11 is 1.21. The summed E-state index contributed by atoms with van der Waals surface area (Å²) in [5.41, 5.74) is 1.09. The molecule has 2 N–H and O–H groups in total. The molecule has 0 radical (unpaired) electrons. The maximum atomic E-state index is 11.9. The summed E-state index contributed by atoms with van der Waals surface area (Å²) in [6.07, 6.45) is 1.96. The average molecular weight is 333 g/mol. The zero-order valence-electron chi connectivity index (χ0n) is 11.3. The second kappa shape index (κ2) is 6.02. The van der Waals surface area contributed by atoms with Crippen molar-refractivity contribution >= 4 is 38.3 Å². The van der Waals surface area contributed by atoms with E-state index in [0.29, 0.717) is 6.42 Å². The molecule has 0 fully saturated rings. The molecular weight excluding hydrogens is 318 g/mol. The molecule has 1 aliphatic carbocycles. The largest absolute Gasteiger partial charge is 0.481 e. The quantitative estimate of drug-likeness (QED) is 0.758. The first-order chi connectivity index (χ1) is 9.84. The maximum Gasteiger partial charge on any atom is 0.341 e. The molecule has 9 heteroatoms. The lowest BCUT2D eigenvalue weighted by atomic mass is 10.1. The van der Waals surface area contributed by atoms with Crippen LogP contribution in [-0.2, 0) is 32.4 Å². The number of nitrogens with one attached hydrogen (secondary N) is 1. The van der Waals surface area contributed by atoms with Gasteiger partial charge in [0.25, 0.3) is 0 Å². The van der Waals surface area contributed by atoms with E-state index in [1.54, 1.807) is 0 Å². The van der Waals surface area contributed by atoms with Crippen molar-refractivity contribution in [2.45, 2.75) is 25.7 Å². The zero-order valence-corrected chi connectivity index (χ0v) is 13.0. The molecule has 0 unspecified atom stereocenters. The lowest BCUT2D eigenvalue weighted by Gasteiger charge is -2.08. The van der Waals surface area contributed by atoms with Crippen molar-refractivity contribution in [3.63, 3.8) is 0 Å². The van der Waals surface area contributed by atoms with Crippen LogP contribution in [0, 0.1) is 0 Å². The van der Waals surface area contributed by atoms with Crippen LogP contribution in [0.5, 0.6) is 0 Å². The van der Waals surface area contributed by atoms with Crippen molar-refractivity contribution in [1.82, 2.24) is 0 Å². The molecule has 0 aliphatic heterocycles. The monoisotopic (exact) mass is 333 g/mol. The van der Waals surface area contributed by atoms with Crippen molar-refractivity contribution in [3.05, 3.63) is 16.0 Å². The Labute approximate surface area is 126 Å². The Kier molecular flexibility index (Phi) is 4.52. The molecule has 21 heavy (non-hydrogen) atoms. The highest BCUT2D eigenvalue weighted by atomic mass is 32.2. The van der Waals surface area contributed by atoms with Crippen LogP contribution in [-0.4, -0.2) is 38.3 Å². The Hall–Kier alpha value is -1.61. The van der Waals surface area contributed by atoms with Gasteiger partial charge in [-0.05, 0) is 24.8 Å². The van der Waals surface area contributed by atoms with E-state index < -0.39 is 34.1 Å². The van der Waals surface area contributed by atoms with Gasteiger partial charge in [-0.25, -0.2) is 13.2 Å². The summed E-state index contributed by atoms with van der Waals surface area (Å²) in [6, 6.07) is 0. The number of carboxylic acids is 1. The van der Waals surface area contributed by atoms with Crippen molar-refractivity contribution in [1.29, 1.82) is 0 Å². The Morgan fingerprint density at radius 2 is 2.10 bits per heavy atom. The van der Waals surface area contributed by atoms with Gasteiger partial charge in [-0.2, -0.15) is 0 Å². The molecule has 116 valence electrons. The van der Waals surface area contributed by atoms with Crippen molar-refractivity contribution in [2.24, 2.45) is 0 Å². The number of esters is 1. The van der Waals surface area contributed by atoms with Crippen LogP contribution < -0.4 is 4.72 Å². The van der Waals surface area contributed by atoms with E-state index in [-0.39, 0.29) is 10.6 Å². The Bertz CT molecular complexity index is 676. The van der Waals surface area contributed by atoms with Gasteiger partial charge in [-0.1, -0.05) is 0 Å². The first-order valence-electron chi connectivity index (χ1n) is 6.29. The summed E-state index contributed by atoms with van der Waals surface area (Å²) in [5, 5.41) is 8.77. The summed E-state index contributed by atoms with van der Waals surface area (Å²) < 4.78 is 30.8. The van der Waals surface area contributed by atoms with E-state index in [2.05, 4.69) is 4.72 Å². The third-order valence-corrected chi connectivity index (χ3v) is 5.74. The number of anilines is 1. The van der Waals surface area contributed by atoms with Gasteiger partial charge >= 0.3 is 11.9 Å². The first-order valence-corrected chi connectivity index (χ1v) is 8.76. The lowest BCUT2D eigenvalue weighted by Crippen LogP contribution is -2.20. The van der Waals surface area contributed by atoms with Gasteiger partial charge < -0.3 is 9.84 Å². The van der Waals surface area contributed by atoms with Crippen LogP contribution in [0.4, 0.5) is 5.00 Å². The number of thiophene rings is 1. The molecule has 2 rings (SSSR count). The molecule has 0 spiro atoms. The standard InChI is InChI=1S/C12H15NO6S2/c1-19-12(16)10-7-3-2-4-8(7)20-11(10)13-21(17,18)6-5-9(14)15/h13H,2-6H2,1H3,(H,14,15). The predicted molar refractivity (Wildman–Crippen MR) is 77.3 cm³/mol. The number of sulfonamides is 1. The second-order valence-corrected chi connectivity index (χ2v) is 7.56. The average Bonchev–Trinajstić information content (AvgIpc) is 2.95. The van der Waals surface area contributed by atoms with Crippen molar-refractivity contribution in [3.8, 4) is 0 Å². The number of carbonyl (C=O) groups excluding carboxylic acids is 1. The van der Waals surface area contributed by atoms with Gasteiger partial charge in [0.05, 0.1) is 24.8 Å². The van der Waals surface area contributed by atoms with Crippen LogP contribution in [0.15, 0.2) is 0 Å². The number of hydrogen-bond acceptors (Lipinski definition) is 6. The van der Waals surface area contributed by atoms with Gasteiger partial charge in [-0.3, -0.25) is 9.52 Å². The van der Waals surface area contributed by atoms with Crippen LogP contribution in [0.2, 0.25) is 0 Å². The molecular formula is C12H15NO6S2. The van der Waals surface area contributed by atoms with Crippen LogP contribution in [0.3, 0.4) is 0 Å². The van der Waals surface area contributed by atoms with Crippen LogP contribution >= 0.6 is 11.3 Å². The molecule has 0 aromatic carbocycles. The Balaban J connectivity index is 2.28. The SMILES string of the molecule is COC(=O)c1c(NS(=O)(=O)CCC(=O)O)sc2c1CCC2. The van der Waals surface area contributed by atoms with Gasteiger partial charge in [0.2, 0.25) is 10.0 Å². The molecule has 0 saturated carbocycles. The number of aliphatic carboxylic acids is 1. The van der Waals surface area contributed by atoms with Crippen molar-refractivity contribution < 1.29 is 27.9 Å². The van der Waals surface area contributed by atoms with E-state index in [4.69, 9.17) is 9.84 Å². The highest BCUT2D eigenvalue weighted by Gasteiger charge is 2.29. The lowest BCUT2D eigenvalue weighted by molar-refractivity contribution is -0.136. The number of aryl methyl sites for hydroxylation is 1. The first kappa shape index (κ1) is 15.8. The minimum atomic E-state index is -3.81. The maximum absolute atomic E-state index is 11.9. The fourth-order valence-corrected chi connectivity index (χ4v) is 4.81. The van der Waals surface area contributed by atoms with E-state index in [1.807, 2.05) is 0 Å². The van der Waals surface area contributed by atoms with Gasteiger partial charge in [-0.15, -0.1) is 11.3 Å². The molecule has 1 aliphatic rings. The number of ether oxygens (including phenoxy) is 1. The number of carboxylic acid groups (broad SMARTS) is 1. The third kappa shape index (κ3) is 3.53. The van der Waals surface area contributed by atoms with E-state index in [1.165, 1.54) is 18.4 Å². The zero-order chi connectivity index (χ0) is 15.6. The summed E-state index contributed by atoms with van der Waals surface area (Å²) in [5.74, 6) is -2.31. The topological polar surface area (TPSA) is 110 Å². The third-order valence-electron chi connectivity index (χ3n) is 3.14. The smallest absolute Gasteiger partial charge is 0.341 e. The van der Waals surface area contributed by atoms with Gasteiger partial charge in [0.15, 0.2) is 0 Å². The fraction of sp³-hybridized carbons (Fsp3) is 0.500. The minimum Gasteiger partial charge on any atom is -0.481 e. The summed E-state index contributed by atoms with van der Waals surface area (Å²) in [4.78, 5) is 23.3. The van der Waals surface area contributed by atoms with Gasteiger partial charge in [0, 0.05) is 4.88 Å². The van der Waals surface area contributed by atoms with Crippen LogP contribution in [0.25, 0.3) is 0 Å². The molecule has 1 heterocycles. The van der Waals surface area contributed by atoms with Gasteiger partial charge in [0.1, 0.15) is 5.00 Å². The molecule has 1 aromatic rings. The molecule has 0 atom stereocenters. The molecule has 1 aromatic heterocycles. The highest BCUT2D eigenvalue weighted by molar-refractivity contribution is 7.92. The van der Waals surface area contributed by atoms with E-state index in [9.17, 15) is 18.0 Å². The molecule has 0 saturated heterocycles. The Morgan fingerprint density at radius 3 is 2.71 bits per heavy atom. The fourth-order valence-electron chi connectivity index (χ4n) is 2.21. The van der Waals surface area contributed by atoms with Crippen LogP contribution in [0.1, 0.15) is 33.6 Å². The normalized spacial score (nSPS) is 13.8. The number of methoxy groups -OCH3 is 1.